The fourth-order valence-corrected chi connectivity index (χ4v) is 4.40. The van der Waals surface area contributed by atoms with Gasteiger partial charge >= 0.3 is 0 Å². The molecule has 0 radical (unpaired) electrons. The van der Waals surface area contributed by atoms with Gasteiger partial charge < -0.3 is 15.8 Å². The molecule has 0 saturated carbocycles. The second-order valence-electron chi connectivity index (χ2n) is 8.12. The summed E-state index contributed by atoms with van der Waals surface area (Å²) < 4.78 is 19.9. The van der Waals surface area contributed by atoms with Crippen LogP contribution in [0.15, 0.2) is 42.6 Å². The number of halogens is 3. The maximum Gasteiger partial charge on any atom is 0.166 e. The number of ether oxygens (including phenoxy) is 1. The number of nitrogens with one attached hydrogen (secondary N) is 1. The molecule has 2 aromatic carbocycles. The minimum atomic E-state index is -0.622. The van der Waals surface area contributed by atoms with E-state index in [-0.39, 0.29) is 16.3 Å². The van der Waals surface area contributed by atoms with Crippen molar-refractivity contribution >= 4 is 34.7 Å². The Kier molecular flexibility index (Phi) is 5.28. The third kappa shape index (κ3) is 3.68. The average Bonchev–Trinajstić information content (AvgIpc) is 3.01. The van der Waals surface area contributed by atoms with Crippen LogP contribution in [0.1, 0.15) is 38.0 Å². The number of fused-ring (bicyclic) bond motifs is 1. The molecule has 0 fully saturated rings. The van der Waals surface area contributed by atoms with Gasteiger partial charge in [-0.1, -0.05) is 43.1 Å². The Morgan fingerprint density at radius 2 is 1.93 bits per heavy atom. The van der Waals surface area contributed by atoms with E-state index in [4.69, 9.17) is 33.7 Å². The summed E-state index contributed by atoms with van der Waals surface area (Å²) in [7, 11) is 0. The molecule has 1 atom stereocenters. The zero-order chi connectivity index (χ0) is 21.6. The van der Waals surface area contributed by atoms with Crippen LogP contribution in [0.4, 0.5) is 15.9 Å². The molecular formula is C23H22Cl2FN3O. The summed E-state index contributed by atoms with van der Waals surface area (Å²) in [6.07, 6.45) is 1.09. The minimum Gasteiger partial charge on any atom is -0.482 e. The number of hydrogen-bond acceptors (Lipinski definition) is 4. The van der Waals surface area contributed by atoms with Gasteiger partial charge in [0.25, 0.3) is 0 Å². The molecule has 1 aliphatic heterocycles. The Morgan fingerprint density at radius 3 is 2.70 bits per heavy atom. The van der Waals surface area contributed by atoms with Gasteiger partial charge in [0.2, 0.25) is 0 Å². The van der Waals surface area contributed by atoms with Gasteiger partial charge in [-0.2, -0.15) is 0 Å². The van der Waals surface area contributed by atoms with Crippen molar-refractivity contribution in [3.63, 3.8) is 0 Å². The summed E-state index contributed by atoms with van der Waals surface area (Å²) in [4.78, 5) is 4.29. The highest BCUT2D eigenvalue weighted by Gasteiger charge is 2.29. The van der Waals surface area contributed by atoms with Gasteiger partial charge in [0, 0.05) is 40.0 Å². The molecule has 2 heterocycles. The van der Waals surface area contributed by atoms with Crippen molar-refractivity contribution < 1.29 is 9.13 Å². The lowest BCUT2D eigenvalue weighted by Gasteiger charge is -2.20. The summed E-state index contributed by atoms with van der Waals surface area (Å²) in [5.41, 5.74) is 10.7. The Morgan fingerprint density at radius 1 is 1.17 bits per heavy atom. The van der Waals surface area contributed by atoms with Gasteiger partial charge in [-0.25, -0.2) is 9.37 Å². The maximum atomic E-state index is 13.9. The zero-order valence-electron chi connectivity index (χ0n) is 16.9. The van der Waals surface area contributed by atoms with Crippen LogP contribution in [0, 0.1) is 5.82 Å². The first kappa shape index (κ1) is 20.8. The van der Waals surface area contributed by atoms with Crippen LogP contribution in [0.25, 0.3) is 11.1 Å². The summed E-state index contributed by atoms with van der Waals surface area (Å²) in [5, 5.41) is 3.69. The third-order valence-corrected chi connectivity index (χ3v) is 6.19. The maximum absolute atomic E-state index is 13.9. The van der Waals surface area contributed by atoms with Crippen molar-refractivity contribution in [1.29, 1.82) is 0 Å². The highest BCUT2D eigenvalue weighted by Crippen LogP contribution is 2.40. The second kappa shape index (κ2) is 7.64. The van der Waals surface area contributed by atoms with Crippen LogP contribution in [0.3, 0.4) is 0 Å². The fourth-order valence-electron chi connectivity index (χ4n) is 3.72. The van der Waals surface area contributed by atoms with Crippen LogP contribution in [0.2, 0.25) is 10.0 Å². The number of pyridine rings is 1. The van der Waals surface area contributed by atoms with Crippen LogP contribution in [-0.2, 0) is 5.41 Å². The SMILES string of the molecule is C[C@@H](Oc1cc(-c2ccc3c(c2)C(C)(C)CN3)cnc1N)c1c(Cl)ccc(F)c1Cl. The smallest absolute Gasteiger partial charge is 0.166 e. The van der Waals surface area contributed by atoms with E-state index in [2.05, 4.69) is 36.3 Å². The molecule has 4 rings (SSSR count). The molecule has 0 aliphatic carbocycles. The van der Waals surface area contributed by atoms with Crippen molar-refractivity contribution in [1.82, 2.24) is 4.98 Å². The second-order valence-corrected chi connectivity index (χ2v) is 8.91. The van der Waals surface area contributed by atoms with E-state index in [0.29, 0.717) is 16.3 Å². The van der Waals surface area contributed by atoms with Crippen LogP contribution in [-0.4, -0.2) is 11.5 Å². The molecule has 4 nitrogen and oxygen atoms in total. The first-order chi connectivity index (χ1) is 14.2. The molecule has 0 spiro atoms. The van der Waals surface area contributed by atoms with E-state index in [9.17, 15) is 4.39 Å². The molecule has 1 aromatic heterocycles. The van der Waals surface area contributed by atoms with E-state index in [1.807, 2.05) is 12.1 Å². The number of nitrogens with two attached hydrogens (primary N) is 1. The fraction of sp³-hybridized carbons (Fsp3) is 0.261. The van der Waals surface area contributed by atoms with Crippen LogP contribution >= 0.6 is 23.2 Å². The standard InChI is InChI=1S/C23H22Cl2FN3O/c1-12(20-16(24)5-6-17(26)21(20)25)30-19-9-14(10-28-22(19)27)13-4-7-18-15(8-13)23(2,3)11-29-18/h4-10,12,29H,11H2,1-3H3,(H2,27,28)/t12-/m1/s1. The Bertz CT molecular complexity index is 1130. The molecule has 0 amide bonds. The Hall–Kier alpha value is -2.50. The van der Waals surface area contributed by atoms with E-state index in [1.165, 1.54) is 17.7 Å². The number of anilines is 2. The van der Waals surface area contributed by atoms with Crippen LogP contribution in [0.5, 0.6) is 5.75 Å². The van der Waals surface area contributed by atoms with Crippen LogP contribution < -0.4 is 15.8 Å². The average molecular weight is 446 g/mol. The molecular weight excluding hydrogens is 424 g/mol. The van der Waals surface area contributed by atoms with E-state index in [0.717, 1.165) is 23.4 Å². The molecule has 30 heavy (non-hydrogen) atoms. The number of rotatable bonds is 4. The zero-order valence-corrected chi connectivity index (χ0v) is 18.4. The van der Waals surface area contributed by atoms with Crippen molar-refractivity contribution in [2.24, 2.45) is 0 Å². The van der Waals surface area contributed by atoms with Crippen molar-refractivity contribution in [2.75, 3.05) is 17.6 Å². The molecule has 3 N–H and O–H groups in total. The van der Waals surface area contributed by atoms with Gasteiger partial charge in [-0.3, -0.25) is 0 Å². The number of benzene rings is 2. The van der Waals surface area contributed by atoms with Gasteiger partial charge in [0.15, 0.2) is 11.6 Å². The lowest BCUT2D eigenvalue weighted by Crippen LogP contribution is -2.18. The Balaban J connectivity index is 1.68. The highest BCUT2D eigenvalue weighted by molar-refractivity contribution is 6.36. The number of nitrogens with zero attached hydrogens (tertiary/aromatic N) is 1. The topological polar surface area (TPSA) is 60.2 Å². The molecule has 1 aliphatic rings. The number of nitrogen functional groups attached to an aromatic ring is 1. The largest absolute Gasteiger partial charge is 0.482 e. The summed E-state index contributed by atoms with van der Waals surface area (Å²) >= 11 is 12.3. The molecule has 0 bridgehead atoms. The molecule has 3 aromatic rings. The number of aromatic nitrogens is 1. The highest BCUT2D eigenvalue weighted by atomic mass is 35.5. The summed E-state index contributed by atoms with van der Waals surface area (Å²) in [6, 6.07) is 10.8. The first-order valence-electron chi connectivity index (χ1n) is 9.62. The molecule has 7 heteroatoms. The summed E-state index contributed by atoms with van der Waals surface area (Å²) in [5.74, 6) is 0.0624. The van der Waals surface area contributed by atoms with Gasteiger partial charge in [0.1, 0.15) is 11.9 Å². The van der Waals surface area contributed by atoms with E-state index in [1.54, 1.807) is 13.1 Å². The van der Waals surface area contributed by atoms with E-state index < -0.39 is 11.9 Å². The third-order valence-electron chi connectivity index (χ3n) is 5.47. The van der Waals surface area contributed by atoms with Gasteiger partial charge in [0.05, 0.1) is 5.02 Å². The van der Waals surface area contributed by atoms with Crippen molar-refractivity contribution in [3.05, 3.63) is 69.6 Å². The normalized spacial score (nSPS) is 15.4. The monoisotopic (exact) mass is 445 g/mol. The summed E-state index contributed by atoms with van der Waals surface area (Å²) in [6.45, 7) is 7.05. The predicted octanol–water partition coefficient (Wildman–Crippen LogP) is 6.62. The number of hydrogen-bond donors (Lipinski definition) is 2. The predicted molar refractivity (Wildman–Crippen MR) is 121 cm³/mol. The molecule has 0 unspecified atom stereocenters. The quantitative estimate of drug-likeness (QED) is 0.442. The van der Waals surface area contributed by atoms with Gasteiger partial charge in [-0.15, -0.1) is 0 Å². The first-order valence-corrected chi connectivity index (χ1v) is 10.4. The Labute approximate surface area is 185 Å². The molecule has 0 saturated heterocycles. The van der Waals surface area contributed by atoms with Gasteiger partial charge in [-0.05, 0) is 48.4 Å². The lowest BCUT2D eigenvalue weighted by molar-refractivity contribution is 0.227. The van der Waals surface area contributed by atoms with E-state index >= 15 is 0 Å². The lowest BCUT2D eigenvalue weighted by atomic mass is 9.85. The molecule has 156 valence electrons. The van der Waals surface area contributed by atoms with Crippen molar-refractivity contribution in [2.45, 2.75) is 32.3 Å². The van der Waals surface area contributed by atoms with Crippen molar-refractivity contribution in [3.8, 4) is 16.9 Å². The minimum absolute atomic E-state index is 0.0469.